The van der Waals surface area contributed by atoms with Gasteiger partial charge in [-0.3, -0.25) is 0 Å². The highest BCUT2D eigenvalue weighted by atomic mass is 16.4. The number of carbonyl (C=O) groups is 1. The highest BCUT2D eigenvalue weighted by Gasteiger charge is 2.03. The van der Waals surface area contributed by atoms with Gasteiger partial charge in [0.15, 0.2) is 0 Å². The van der Waals surface area contributed by atoms with E-state index >= 15 is 0 Å². The number of hydrogen-bond acceptors (Lipinski definition) is 2. The van der Waals surface area contributed by atoms with Gasteiger partial charge in [0.1, 0.15) is 11.6 Å². The summed E-state index contributed by atoms with van der Waals surface area (Å²) in [5.41, 5.74) is -0.133. The molecule has 0 heterocycles. The van der Waals surface area contributed by atoms with Crippen LogP contribution in [-0.4, -0.2) is 11.1 Å². The zero-order valence-electron chi connectivity index (χ0n) is 10.0. The van der Waals surface area contributed by atoms with Crippen molar-refractivity contribution in [2.45, 2.75) is 58.3 Å². The van der Waals surface area contributed by atoms with Crippen molar-refractivity contribution in [2.24, 2.45) is 0 Å². The Morgan fingerprint density at radius 2 is 1.75 bits per heavy atom. The summed E-state index contributed by atoms with van der Waals surface area (Å²) in [5.74, 6) is -1.12. The van der Waals surface area contributed by atoms with Gasteiger partial charge < -0.3 is 5.11 Å². The molecule has 0 unspecified atom stereocenters. The fraction of sp³-hybridized carbons (Fsp3) is 0.692. The quantitative estimate of drug-likeness (QED) is 0.368. The molecule has 0 atom stereocenters. The third kappa shape index (κ3) is 8.05. The highest BCUT2D eigenvalue weighted by molar-refractivity contribution is 5.90. The first-order valence-corrected chi connectivity index (χ1v) is 6.06. The molecule has 3 nitrogen and oxygen atoms in total. The topological polar surface area (TPSA) is 61.1 Å². The first-order chi connectivity index (χ1) is 7.72. The van der Waals surface area contributed by atoms with E-state index < -0.39 is 5.97 Å². The van der Waals surface area contributed by atoms with E-state index in [1.807, 2.05) is 0 Å². The van der Waals surface area contributed by atoms with E-state index in [1.54, 1.807) is 6.07 Å². The van der Waals surface area contributed by atoms with Crippen LogP contribution in [0.1, 0.15) is 58.3 Å². The maximum absolute atomic E-state index is 10.5. The van der Waals surface area contributed by atoms with Crippen LogP contribution < -0.4 is 0 Å². The van der Waals surface area contributed by atoms with Crippen molar-refractivity contribution in [3.63, 3.8) is 0 Å². The summed E-state index contributed by atoms with van der Waals surface area (Å²) in [5, 5.41) is 17.1. The number of unbranched alkanes of at least 4 members (excludes halogenated alkanes) is 7. The largest absolute Gasteiger partial charge is 0.477 e. The zero-order valence-corrected chi connectivity index (χ0v) is 10.0. The Morgan fingerprint density at radius 1 is 1.19 bits per heavy atom. The van der Waals surface area contributed by atoms with Crippen molar-refractivity contribution in [1.29, 1.82) is 5.26 Å². The average Bonchev–Trinajstić information content (AvgIpc) is 2.26. The lowest BCUT2D eigenvalue weighted by Crippen LogP contribution is -1.97. The monoisotopic (exact) mass is 223 g/mol. The number of allylic oxidation sites excluding steroid dienone is 1. The molecule has 0 rings (SSSR count). The molecule has 0 fully saturated rings. The van der Waals surface area contributed by atoms with Crippen LogP contribution in [0.15, 0.2) is 11.6 Å². The molecule has 0 aliphatic rings. The van der Waals surface area contributed by atoms with Crippen LogP contribution in [0.3, 0.4) is 0 Å². The van der Waals surface area contributed by atoms with Gasteiger partial charge in [0.2, 0.25) is 0 Å². The number of rotatable bonds is 9. The number of nitrogens with zero attached hydrogens (tertiary/aromatic N) is 1. The summed E-state index contributed by atoms with van der Waals surface area (Å²) in [6.45, 7) is 2.19. The maximum atomic E-state index is 10.5. The van der Waals surface area contributed by atoms with Gasteiger partial charge in [0.25, 0.3) is 0 Å². The molecular formula is C13H21NO2. The number of carboxylic acids is 1. The molecule has 0 radical (unpaired) electrons. The number of hydrogen-bond donors (Lipinski definition) is 1. The van der Waals surface area contributed by atoms with Crippen LogP contribution in [0.25, 0.3) is 0 Å². The van der Waals surface area contributed by atoms with E-state index in [2.05, 4.69) is 6.92 Å². The summed E-state index contributed by atoms with van der Waals surface area (Å²) >= 11 is 0. The third-order valence-electron chi connectivity index (χ3n) is 2.51. The van der Waals surface area contributed by atoms with Crippen molar-refractivity contribution in [1.82, 2.24) is 0 Å². The number of aliphatic carboxylic acids is 1. The van der Waals surface area contributed by atoms with Crippen molar-refractivity contribution in [3.8, 4) is 6.07 Å². The van der Waals surface area contributed by atoms with E-state index in [-0.39, 0.29) is 5.57 Å². The minimum Gasteiger partial charge on any atom is -0.477 e. The predicted molar refractivity (Wildman–Crippen MR) is 63.9 cm³/mol. The summed E-state index contributed by atoms with van der Waals surface area (Å²) in [4.78, 5) is 10.5. The molecule has 0 saturated carbocycles. The molecule has 0 spiro atoms. The molecule has 0 aliphatic heterocycles. The first kappa shape index (κ1) is 14.7. The summed E-state index contributed by atoms with van der Waals surface area (Å²) in [6, 6.07) is 1.68. The number of carboxylic acid groups (broad SMARTS) is 1. The molecule has 1 N–H and O–H groups in total. The minimum atomic E-state index is -1.12. The molecule has 90 valence electrons. The van der Waals surface area contributed by atoms with Gasteiger partial charge in [-0.15, -0.1) is 0 Å². The summed E-state index contributed by atoms with van der Waals surface area (Å²) in [7, 11) is 0. The van der Waals surface area contributed by atoms with E-state index in [9.17, 15) is 4.79 Å². The van der Waals surface area contributed by atoms with E-state index in [4.69, 9.17) is 10.4 Å². The van der Waals surface area contributed by atoms with E-state index in [1.165, 1.54) is 38.2 Å². The van der Waals surface area contributed by atoms with Crippen molar-refractivity contribution in [2.75, 3.05) is 0 Å². The van der Waals surface area contributed by atoms with Gasteiger partial charge in [-0.2, -0.15) is 5.26 Å². The predicted octanol–water partition coefficient (Wildman–Crippen LogP) is 3.66. The van der Waals surface area contributed by atoms with Crippen molar-refractivity contribution < 1.29 is 9.90 Å². The third-order valence-corrected chi connectivity index (χ3v) is 2.51. The van der Waals surface area contributed by atoms with Gasteiger partial charge >= 0.3 is 5.97 Å². The van der Waals surface area contributed by atoms with Crippen LogP contribution in [0, 0.1) is 11.3 Å². The molecule has 0 aromatic carbocycles. The fourth-order valence-electron chi connectivity index (χ4n) is 1.53. The molecule has 3 heteroatoms. The fourth-order valence-corrected chi connectivity index (χ4v) is 1.53. The summed E-state index contributed by atoms with van der Waals surface area (Å²) in [6.07, 6.45) is 10.7. The van der Waals surface area contributed by atoms with Gasteiger partial charge in [0.05, 0.1) is 0 Å². The van der Waals surface area contributed by atoms with Crippen molar-refractivity contribution in [3.05, 3.63) is 11.6 Å². The molecule has 0 aromatic heterocycles. The van der Waals surface area contributed by atoms with Crippen molar-refractivity contribution >= 4 is 5.97 Å². The average molecular weight is 223 g/mol. The minimum absolute atomic E-state index is 0.133. The van der Waals surface area contributed by atoms with Crippen LogP contribution in [0.4, 0.5) is 0 Å². The normalized spacial score (nSPS) is 11.1. The molecule has 0 bridgehead atoms. The Hall–Kier alpha value is -1.30. The molecule has 16 heavy (non-hydrogen) atoms. The van der Waals surface area contributed by atoms with Crippen LogP contribution in [0.2, 0.25) is 0 Å². The van der Waals surface area contributed by atoms with E-state index in [0.29, 0.717) is 6.42 Å². The van der Waals surface area contributed by atoms with Gasteiger partial charge in [-0.1, -0.05) is 51.5 Å². The van der Waals surface area contributed by atoms with Crippen LogP contribution in [-0.2, 0) is 4.79 Å². The molecule has 0 aromatic rings. The maximum Gasteiger partial charge on any atom is 0.346 e. The Bertz CT molecular complexity index is 264. The lowest BCUT2D eigenvalue weighted by atomic mass is 10.1. The summed E-state index contributed by atoms with van der Waals surface area (Å²) < 4.78 is 0. The van der Waals surface area contributed by atoms with Crippen LogP contribution >= 0.6 is 0 Å². The molecule has 0 saturated heterocycles. The lowest BCUT2D eigenvalue weighted by molar-refractivity contribution is -0.132. The Labute approximate surface area is 97.8 Å². The van der Waals surface area contributed by atoms with E-state index in [0.717, 1.165) is 12.8 Å². The SMILES string of the molecule is CCCCCCCCCC=C(C#N)C(=O)O. The molecule has 0 amide bonds. The second-order valence-electron chi connectivity index (χ2n) is 3.94. The van der Waals surface area contributed by atoms with Gasteiger partial charge in [-0.25, -0.2) is 4.79 Å². The standard InChI is InChI=1S/C13H21NO2/c1-2-3-4-5-6-7-8-9-10-12(11-14)13(15)16/h10H,2-9H2,1H3,(H,15,16). The molecular weight excluding hydrogens is 202 g/mol. The first-order valence-electron chi connectivity index (χ1n) is 6.06. The Morgan fingerprint density at radius 3 is 2.25 bits per heavy atom. The van der Waals surface area contributed by atoms with Gasteiger partial charge in [0, 0.05) is 0 Å². The number of nitriles is 1. The highest BCUT2D eigenvalue weighted by Crippen LogP contribution is 2.09. The second kappa shape index (κ2) is 10.2. The zero-order chi connectivity index (χ0) is 12.2. The second-order valence-corrected chi connectivity index (χ2v) is 3.94. The smallest absolute Gasteiger partial charge is 0.346 e. The Balaban J connectivity index is 3.46. The van der Waals surface area contributed by atoms with Gasteiger partial charge in [-0.05, 0) is 12.8 Å². The lowest BCUT2D eigenvalue weighted by Gasteiger charge is -1.99. The Kier molecular flexibility index (Phi) is 9.39. The van der Waals surface area contributed by atoms with Crippen LogP contribution in [0.5, 0.6) is 0 Å². The molecule has 0 aliphatic carbocycles.